The summed E-state index contributed by atoms with van der Waals surface area (Å²) in [5.74, 6) is -0.474. The second-order valence-electron chi connectivity index (χ2n) is 5.48. The van der Waals surface area contributed by atoms with E-state index < -0.39 is 6.36 Å². The number of hydrogen-bond donors (Lipinski definition) is 0. The molecule has 0 aliphatic heterocycles. The smallest absolute Gasteiger partial charge is 0.406 e. The first-order valence-electron chi connectivity index (χ1n) is 7.46. The number of rotatable bonds is 6. The van der Waals surface area contributed by atoms with Gasteiger partial charge in [0.15, 0.2) is 0 Å². The molecule has 0 aliphatic carbocycles. The topological polar surface area (TPSA) is 38.8 Å². The third-order valence-electron chi connectivity index (χ3n) is 3.44. The molecule has 0 atom stereocenters. The number of benzene rings is 2. The van der Waals surface area contributed by atoms with Crippen LogP contribution < -0.4 is 4.74 Å². The SMILES string of the molecule is COCc1ccc(C(=O)N(C)Cc2ccc(OC(F)(F)F)cc2)cc1. The summed E-state index contributed by atoms with van der Waals surface area (Å²) in [4.78, 5) is 13.9. The number of amides is 1. The van der Waals surface area contributed by atoms with Crippen molar-refractivity contribution in [2.75, 3.05) is 14.2 Å². The fourth-order valence-electron chi connectivity index (χ4n) is 2.27. The molecule has 2 aromatic rings. The van der Waals surface area contributed by atoms with Crippen LogP contribution in [0, 0.1) is 0 Å². The number of nitrogens with zero attached hydrogens (tertiary/aromatic N) is 1. The van der Waals surface area contributed by atoms with E-state index in [-0.39, 0.29) is 18.2 Å². The zero-order chi connectivity index (χ0) is 18.4. The van der Waals surface area contributed by atoms with Crippen molar-refractivity contribution in [1.82, 2.24) is 4.90 Å². The third kappa shape index (κ3) is 5.79. The Balaban J connectivity index is 1.98. The molecule has 0 saturated carbocycles. The summed E-state index contributed by atoms with van der Waals surface area (Å²) in [6.45, 7) is 0.738. The molecule has 0 unspecified atom stereocenters. The Bertz CT molecular complexity index is 697. The molecule has 1 amide bonds. The monoisotopic (exact) mass is 353 g/mol. The summed E-state index contributed by atoms with van der Waals surface area (Å²) in [7, 11) is 3.23. The molecule has 0 N–H and O–H groups in total. The first-order chi connectivity index (χ1) is 11.8. The lowest BCUT2D eigenvalue weighted by molar-refractivity contribution is -0.274. The number of halogens is 3. The van der Waals surface area contributed by atoms with Crippen molar-refractivity contribution in [3.05, 3.63) is 65.2 Å². The molecule has 7 heteroatoms. The molecule has 25 heavy (non-hydrogen) atoms. The number of carbonyl (C=O) groups is 1. The molecular formula is C18H18F3NO3. The molecule has 134 valence electrons. The van der Waals surface area contributed by atoms with Gasteiger partial charge in [-0.2, -0.15) is 0 Å². The number of alkyl halides is 3. The Morgan fingerprint density at radius 2 is 1.56 bits per heavy atom. The van der Waals surface area contributed by atoms with E-state index in [1.807, 2.05) is 12.1 Å². The minimum absolute atomic E-state index is 0.181. The lowest BCUT2D eigenvalue weighted by Gasteiger charge is -2.18. The van der Waals surface area contributed by atoms with Gasteiger partial charge in [0.25, 0.3) is 5.91 Å². The Labute approximate surface area is 143 Å². The lowest BCUT2D eigenvalue weighted by Crippen LogP contribution is -2.26. The van der Waals surface area contributed by atoms with E-state index in [9.17, 15) is 18.0 Å². The minimum Gasteiger partial charge on any atom is -0.406 e. The van der Waals surface area contributed by atoms with Crippen molar-refractivity contribution < 1.29 is 27.4 Å². The van der Waals surface area contributed by atoms with Gasteiger partial charge in [0, 0.05) is 26.3 Å². The van der Waals surface area contributed by atoms with Gasteiger partial charge in [-0.05, 0) is 35.4 Å². The van der Waals surface area contributed by atoms with E-state index in [2.05, 4.69) is 4.74 Å². The maximum absolute atomic E-state index is 12.4. The highest BCUT2D eigenvalue weighted by molar-refractivity contribution is 5.94. The fourth-order valence-corrected chi connectivity index (χ4v) is 2.27. The van der Waals surface area contributed by atoms with Crippen molar-refractivity contribution in [3.8, 4) is 5.75 Å². The molecule has 0 aromatic heterocycles. The molecular weight excluding hydrogens is 335 g/mol. The number of carbonyl (C=O) groups excluding carboxylic acids is 1. The van der Waals surface area contributed by atoms with E-state index in [0.29, 0.717) is 17.7 Å². The van der Waals surface area contributed by atoms with Gasteiger partial charge in [0.05, 0.1) is 6.61 Å². The Kier molecular flexibility index (Phi) is 6.03. The van der Waals surface area contributed by atoms with Crippen molar-refractivity contribution in [2.45, 2.75) is 19.5 Å². The second-order valence-corrected chi connectivity index (χ2v) is 5.48. The molecule has 0 radical (unpaired) electrons. The largest absolute Gasteiger partial charge is 0.573 e. The van der Waals surface area contributed by atoms with Crippen LogP contribution >= 0.6 is 0 Å². The van der Waals surface area contributed by atoms with Gasteiger partial charge >= 0.3 is 6.36 Å². The Morgan fingerprint density at radius 3 is 2.08 bits per heavy atom. The fraction of sp³-hybridized carbons (Fsp3) is 0.278. The van der Waals surface area contributed by atoms with E-state index in [1.165, 1.54) is 29.2 Å². The van der Waals surface area contributed by atoms with Gasteiger partial charge in [0.2, 0.25) is 0 Å². The van der Waals surface area contributed by atoms with E-state index >= 15 is 0 Å². The van der Waals surface area contributed by atoms with E-state index in [4.69, 9.17) is 4.74 Å². The van der Waals surface area contributed by atoms with Gasteiger partial charge in [0.1, 0.15) is 5.75 Å². The standard InChI is InChI=1S/C18H18F3NO3/c1-22(17(23)15-7-3-14(4-8-15)12-24-2)11-13-5-9-16(10-6-13)25-18(19,20)21/h3-10H,11-12H2,1-2H3. The summed E-state index contributed by atoms with van der Waals surface area (Å²) >= 11 is 0. The van der Waals surface area contributed by atoms with Gasteiger partial charge < -0.3 is 14.4 Å². The lowest BCUT2D eigenvalue weighted by atomic mass is 10.1. The normalized spacial score (nSPS) is 11.2. The highest BCUT2D eigenvalue weighted by atomic mass is 19.4. The molecule has 0 spiro atoms. The second kappa shape index (κ2) is 8.02. The highest BCUT2D eigenvalue weighted by Crippen LogP contribution is 2.23. The van der Waals surface area contributed by atoms with Crippen LogP contribution in [-0.4, -0.2) is 31.3 Å². The average Bonchev–Trinajstić information content (AvgIpc) is 2.55. The predicted octanol–water partition coefficient (Wildman–Crippen LogP) is 4.00. The van der Waals surface area contributed by atoms with Crippen molar-refractivity contribution in [2.24, 2.45) is 0 Å². The maximum atomic E-state index is 12.4. The molecule has 2 aromatic carbocycles. The van der Waals surface area contributed by atoms with Gasteiger partial charge in [-0.3, -0.25) is 4.79 Å². The van der Waals surface area contributed by atoms with Crippen molar-refractivity contribution in [1.29, 1.82) is 0 Å². The summed E-state index contributed by atoms with van der Waals surface area (Å²) < 4.78 is 45.3. The molecule has 0 bridgehead atoms. The molecule has 0 heterocycles. The minimum atomic E-state index is -4.72. The third-order valence-corrected chi connectivity index (χ3v) is 3.44. The van der Waals surface area contributed by atoms with E-state index in [1.54, 1.807) is 26.3 Å². The Hall–Kier alpha value is -2.54. The van der Waals surface area contributed by atoms with Crippen LogP contribution in [0.1, 0.15) is 21.5 Å². The molecule has 0 fully saturated rings. The van der Waals surface area contributed by atoms with Crippen LogP contribution in [-0.2, 0) is 17.9 Å². The number of hydrogen-bond acceptors (Lipinski definition) is 3. The summed E-state index contributed by atoms with van der Waals surface area (Å²) in [5.41, 5.74) is 2.18. The van der Waals surface area contributed by atoms with Crippen LogP contribution in [0.4, 0.5) is 13.2 Å². The first kappa shape index (κ1) is 18.8. The molecule has 0 saturated heterocycles. The predicted molar refractivity (Wildman–Crippen MR) is 86.1 cm³/mol. The zero-order valence-electron chi connectivity index (χ0n) is 13.8. The quantitative estimate of drug-likeness (QED) is 0.788. The van der Waals surface area contributed by atoms with Crippen molar-refractivity contribution >= 4 is 5.91 Å². The maximum Gasteiger partial charge on any atom is 0.573 e. The Morgan fingerprint density at radius 1 is 1.00 bits per heavy atom. The molecule has 0 aliphatic rings. The van der Waals surface area contributed by atoms with Crippen LogP contribution in [0.3, 0.4) is 0 Å². The van der Waals surface area contributed by atoms with Crippen molar-refractivity contribution in [3.63, 3.8) is 0 Å². The summed E-state index contributed by atoms with van der Waals surface area (Å²) in [5, 5.41) is 0. The van der Waals surface area contributed by atoms with E-state index in [0.717, 1.165) is 5.56 Å². The average molecular weight is 353 g/mol. The van der Waals surface area contributed by atoms with Gasteiger partial charge in [-0.1, -0.05) is 24.3 Å². The van der Waals surface area contributed by atoms with Crippen LogP contribution in [0.5, 0.6) is 5.75 Å². The van der Waals surface area contributed by atoms with Crippen LogP contribution in [0.2, 0.25) is 0 Å². The summed E-state index contributed by atoms with van der Waals surface area (Å²) in [6.07, 6.45) is -4.72. The first-order valence-corrected chi connectivity index (χ1v) is 7.46. The molecule has 2 rings (SSSR count). The van der Waals surface area contributed by atoms with Gasteiger partial charge in [-0.15, -0.1) is 13.2 Å². The highest BCUT2D eigenvalue weighted by Gasteiger charge is 2.30. The van der Waals surface area contributed by atoms with Crippen LogP contribution in [0.15, 0.2) is 48.5 Å². The zero-order valence-corrected chi connectivity index (χ0v) is 13.8. The molecule has 4 nitrogen and oxygen atoms in total. The summed E-state index contributed by atoms with van der Waals surface area (Å²) in [6, 6.07) is 12.5. The number of ether oxygens (including phenoxy) is 2. The van der Waals surface area contributed by atoms with Crippen LogP contribution in [0.25, 0.3) is 0 Å². The number of methoxy groups -OCH3 is 1. The van der Waals surface area contributed by atoms with Gasteiger partial charge in [-0.25, -0.2) is 0 Å².